The van der Waals surface area contributed by atoms with Gasteiger partial charge in [0, 0.05) is 32.4 Å². The Kier molecular flexibility index (Phi) is 7.69. The summed E-state index contributed by atoms with van der Waals surface area (Å²) in [5, 5.41) is 2.69. The first-order valence-electron chi connectivity index (χ1n) is 9.76. The molecule has 9 nitrogen and oxygen atoms in total. The van der Waals surface area contributed by atoms with Crippen molar-refractivity contribution < 1.29 is 27.9 Å². The summed E-state index contributed by atoms with van der Waals surface area (Å²) in [5.41, 5.74) is 2.99. The van der Waals surface area contributed by atoms with Crippen LogP contribution in [0.1, 0.15) is 21.6 Å². The van der Waals surface area contributed by atoms with Gasteiger partial charge in [0.1, 0.15) is 6.04 Å². The van der Waals surface area contributed by atoms with Crippen LogP contribution in [0.25, 0.3) is 11.0 Å². The monoisotopic (exact) mass is 457 g/mol. The molecule has 1 N–H and O–H groups in total. The Morgan fingerprint density at radius 1 is 1.00 bits per heavy atom. The van der Waals surface area contributed by atoms with Crippen LogP contribution in [0.2, 0.25) is 0 Å². The van der Waals surface area contributed by atoms with Gasteiger partial charge in [0.2, 0.25) is 0 Å². The average molecular weight is 457 g/mol. The van der Waals surface area contributed by atoms with E-state index in [9.17, 15) is 14.2 Å². The van der Waals surface area contributed by atoms with Crippen LogP contribution in [-0.2, 0) is 35.7 Å². The van der Waals surface area contributed by atoms with Crippen molar-refractivity contribution in [2.24, 2.45) is 0 Å². The van der Waals surface area contributed by atoms with Crippen molar-refractivity contribution >= 4 is 30.5 Å². The third-order valence-corrected chi connectivity index (χ3v) is 6.72. The first-order valence-corrected chi connectivity index (χ1v) is 11.5. The molecule has 0 fully saturated rings. The Morgan fingerprint density at radius 2 is 1.66 bits per heavy atom. The minimum Gasteiger partial charge on any atom is -0.467 e. The topological polar surface area (TPSA) is 117 Å². The summed E-state index contributed by atoms with van der Waals surface area (Å²) >= 11 is 0. The molecule has 1 aromatic heterocycles. The van der Waals surface area contributed by atoms with Gasteiger partial charge >= 0.3 is 13.6 Å². The number of hydrogen-bond acceptors (Lipinski definition) is 8. The van der Waals surface area contributed by atoms with Gasteiger partial charge in [-0.05, 0) is 29.8 Å². The smallest absolute Gasteiger partial charge is 0.334 e. The first-order chi connectivity index (χ1) is 15.4. The molecule has 10 heteroatoms. The second kappa shape index (κ2) is 10.5. The van der Waals surface area contributed by atoms with Crippen molar-refractivity contribution in [3.63, 3.8) is 0 Å². The van der Waals surface area contributed by atoms with Gasteiger partial charge < -0.3 is 19.1 Å². The SMILES string of the molecule is COC(=O)[C@H](Cc1cnc2ccccc2n1)NC(=O)c1ccc(CP(=O)(OC)OC)cc1. The number of nitrogens with one attached hydrogen (secondary N) is 1. The number of esters is 1. The van der Waals surface area contributed by atoms with Crippen LogP contribution in [0.3, 0.4) is 0 Å². The highest BCUT2D eigenvalue weighted by atomic mass is 31.2. The van der Waals surface area contributed by atoms with Crippen molar-refractivity contribution in [1.29, 1.82) is 0 Å². The lowest BCUT2D eigenvalue weighted by molar-refractivity contribution is -0.142. The van der Waals surface area contributed by atoms with Crippen LogP contribution in [0.15, 0.2) is 54.7 Å². The normalized spacial score (nSPS) is 12.3. The molecule has 0 radical (unpaired) electrons. The Morgan fingerprint density at radius 3 is 2.28 bits per heavy atom. The predicted molar refractivity (Wildman–Crippen MR) is 118 cm³/mol. The number of amides is 1. The number of carbonyl (C=O) groups is 2. The van der Waals surface area contributed by atoms with Crippen molar-refractivity contribution in [3.8, 4) is 0 Å². The largest absolute Gasteiger partial charge is 0.467 e. The average Bonchev–Trinajstić information content (AvgIpc) is 2.83. The van der Waals surface area contributed by atoms with Crippen LogP contribution in [0.5, 0.6) is 0 Å². The van der Waals surface area contributed by atoms with Crippen molar-refractivity contribution in [2.45, 2.75) is 18.6 Å². The van der Waals surface area contributed by atoms with E-state index >= 15 is 0 Å². The molecule has 2 aromatic carbocycles. The summed E-state index contributed by atoms with van der Waals surface area (Å²) in [4.78, 5) is 33.8. The fourth-order valence-corrected chi connectivity index (χ4v) is 4.13. The summed E-state index contributed by atoms with van der Waals surface area (Å²) in [6, 6.07) is 12.9. The number of aromatic nitrogens is 2. The van der Waals surface area contributed by atoms with E-state index in [1.807, 2.05) is 24.3 Å². The van der Waals surface area contributed by atoms with Gasteiger partial charge in [0.25, 0.3) is 5.91 Å². The molecule has 0 saturated heterocycles. The number of methoxy groups -OCH3 is 1. The molecule has 0 bridgehead atoms. The van der Waals surface area contributed by atoms with Crippen molar-refractivity contribution in [2.75, 3.05) is 21.3 Å². The minimum atomic E-state index is -3.21. The van der Waals surface area contributed by atoms with E-state index in [4.69, 9.17) is 13.8 Å². The number of nitrogens with zero attached hydrogens (tertiary/aromatic N) is 2. The summed E-state index contributed by atoms with van der Waals surface area (Å²) in [6.45, 7) is 0. The fourth-order valence-electron chi connectivity index (χ4n) is 3.07. The standard InChI is InChI=1S/C22H24N3O6P/c1-29-22(27)20(12-17-13-23-18-6-4-5-7-19(18)24-17)25-21(26)16-10-8-15(9-11-16)14-32(28,30-2)31-3/h4-11,13,20H,12,14H2,1-3H3,(H,25,26)/t20-/m0/s1. The molecule has 1 amide bonds. The third-order valence-electron chi connectivity index (χ3n) is 4.85. The molecule has 1 atom stereocenters. The van der Waals surface area contributed by atoms with Crippen LogP contribution in [0.4, 0.5) is 0 Å². The Labute approximate surface area is 185 Å². The number of fused-ring (bicyclic) bond motifs is 1. The lowest BCUT2D eigenvalue weighted by atomic mass is 10.1. The number of para-hydroxylation sites is 2. The molecule has 0 aliphatic rings. The van der Waals surface area contributed by atoms with Crippen molar-refractivity contribution in [1.82, 2.24) is 15.3 Å². The first kappa shape index (κ1) is 23.5. The molecular formula is C22H24N3O6P. The predicted octanol–water partition coefficient (Wildman–Crippen LogP) is 3.13. The van der Waals surface area contributed by atoms with Gasteiger partial charge in [-0.15, -0.1) is 0 Å². The molecule has 0 aliphatic heterocycles. The van der Waals surface area contributed by atoms with E-state index in [1.54, 1.807) is 30.5 Å². The van der Waals surface area contributed by atoms with Gasteiger partial charge in [-0.3, -0.25) is 14.3 Å². The zero-order valence-electron chi connectivity index (χ0n) is 18.0. The number of ether oxygens (including phenoxy) is 1. The van der Waals surface area contributed by atoms with E-state index < -0.39 is 25.5 Å². The number of benzene rings is 2. The molecule has 1 heterocycles. The van der Waals surface area contributed by atoms with Crippen LogP contribution < -0.4 is 5.32 Å². The quantitative estimate of drug-likeness (QED) is 0.385. The van der Waals surface area contributed by atoms with E-state index in [0.29, 0.717) is 22.3 Å². The molecule has 32 heavy (non-hydrogen) atoms. The van der Waals surface area contributed by atoms with Crippen LogP contribution in [-0.4, -0.2) is 49.2 Å². The van der Waals surface area contributed by atoms with Gasteiger partial charge in [0.05, 0.1) is 30.0 Å². The summed E-state index contributed by atoms with van der Waals surface area (Å²) < 4.78 is 27.0. The minimum absolute atomic E-state index is 0.0767. The fraction of sp³-hybridized carbons (Fsp3) is 0.273. The number of rotatable bonds is 9. The lowest BCUT2D eigenvalue weighted by Crippen LogP contribution is -2.43. The van der Waals surface area contributed by atoms with E-state index in [-0.39, 0.29) is 12.6 Å². The van der Waals surface area contributed by atoms with E-state index in [1.165, 1.54) is 21.3 Å². The molecule has 0 unspecified atom stereocenters. The molecule has 0 saturated carbocycles. The van der Waals surface area contributed by atoms with Crippen LogP contribution in [0, 0.1) is 0 Å². The number of hydrogen-bond donors (Lipinski definition) is 1. The summed E-state index contributed by atoms with van der Waals surface area (Å²) in [5.74, 6) is -1.05. The zero-order valence-corrected chi connectivity index (χ0v) is 18.9. The maximum atomic E-state index is 12.7. The summed E-state index contributed by atoms with van der Waals surface area (Å²) in [7, 11) is 0.680. The Balaban J connectivity index is 1.73. The van der Waals surface area contributed by atoms with Gasteiger partial charge in [-0.1, -0.05) is 24.3 Å². The second-order valence-corrected chi connectivity index (χ2v) is 9.20. The highest BCUT2D eigenvalue weighted by Crippen LogP contribution is 2.49. The maximum Gasteiger partial charge on any atom is 0.334 e. The molecular weight excluding hydrogens is 433 g/mol. The number of carbonyl (C=O) groups excluding carboxylic acids is 2. The van der Waals surface area contributed by atoms with Gasteiger partial charge in [-0.25, -0.2) is 9.78 Å². The highest BCUT2D eigenvalue weighted by Gasteiger charge is 2.24. The second-order valence-electron chi connectivity index (χ2n) is 6.93. The molecule has 0 aliphatic carbocycles. The highest BCUT2D eigenvalue weighted by molar-refractivity contribution is 7.52. The zero-order chi connectivity index (χ0) is 23.1. The maximum absolute atomic E-state index is 12.7. The van der Waals surface area contributed by atoms with Crippen molar-refractivity contribution in [3.05, 3.63) is 71.5 Å². The van der Waals surface area contributed by atoms with Gasteiger partial charge in [-0.2, -0.15) is 0 Å². The van der Waals surface area contributed by atoms with E-state index in [2.05, 4.69) is 15.3 Å². The molecule has 168 valence electrons. The van der Waals surface area contributed by atoms with E-state index in [0.717, 1.165) is 5.52 Å². The molecule has 3 aromatic rings. The lowest BCUT2D eigenvalue weighted by Gasteiger charge is -2.17. The molecule has 3 rings (SSSR count). The molecule has 0 spiro atoms. The Bertz CT molecular complexity index is 1140. The summed E-state index contributed by atoms with van der Waals surface area (Å²) in [6.07, 6.45) is 1.77. The third kappa shape index (κ3) is 5.76. The van der Waals surface area contributed by atoms with Gasteiger partial charge in [0.15, 0.2) is 0 Å². The van der Waals surface area contributed by atoms with Crippen LogP contribution >= 0.6 is 7.60 Å². The Hall–Kier alpha value is -3.13.